The van der Waals surface area contributed by atoms with Gasteiger partial charge in [-0.2, -0.15) is 0 Å². The molecule has 0 aliphatic heterocycles. The van der Waals surface area contributed by atoms with Crippen LogP contribution >= 0.6 is 0 Å². The fourth-order valence-corrected chi connectivity index (χ4v) is 2.46. The van der Waals surface area contributed by atoms with Crippen molar-refractivity contribution >= 4 is 15.9 Å². The molecule has 0 aliphatic carbocycles. The zero-order valence-electron chi connectivity index (χ0n) is 11.8. The predicted octanol–water partition coefficient (Wildman–Crippen LogP) is 1.73. The van der Waals surface area contributed by atoms with Gasteiger partial charge in [0, 0.05) is 18.2 Å². The summed E-state index contributed by atoms with van der Waals surface area (Å²) in [7, 11) is -4.05. The molecule has 1 aromatic carbocycles. The van der Waals surface area contributed by atoms with Crippen LogP contribution in [0.3, 0.4) is 0 Å². The Labute approximate surface area is 118 Å². The second-order valence-corrected chi connectivity index (χ2v) is 6.13. The molecule has 1 atom stereocenters. The number of amides is 1. The molecule has 0 aliphatic rings. The van der Waals surface area contributed by atoms with Gasteiger partial charge in [-0.1, -0.05) is 6.92 Å². The third kappa shape index (κ3) is 3.77. The highest BCUT2D eigenvalue weighted by atomic mass is 32.2. The Morgan fingerprint density at radius 2 is 1.95 bits per heavy atom. The summed E-state index contributed by atoms with van der Waals surface area (Å²) < 4.78 is 36.0. The summed E-state index contributed by atoms with van der Waals surface area (Å²) in [4.78, 5) is 13.5. The van der Waals surface area contributed by atoms with Crippen molar-refractivity contribution < 1.29 is 17.6 Å². The lowest BCUT2D eigenvalue weighted by molar-refractivity contribution is 0.0699. The van der Waals surface area contributed by atoms with Crippen molar-refractivity contribution in [3.63, 3.8) is 0 Å². The number of nitrogens with zero attached hydrogens (tertiary/aromatic N) is 1. The number of hydrogen-bond acceptors (Lipinski definition) is 3. The Bertz CT molecular complexity index is 602. The molecule has 0 heterocycles. The number of hydrogen-bond donors (Lipinski definition) is 1. The van der Waals surface area contributed by atoms with E-state index in [1.165, 1.54) is 0 Å². The van der Waals surface area contributed by atoms with Crippen molar-refractivity contribution in [1.29, 1.82) is 0 Å². The summed E-state index contributed by atoms with van der Waals surface area (Å²) in [6, 6.07) is 2.90. The van der Waals surface area contributed by atoms with E-state index < -0.39 is 26.6 Å². The number of rotatable bonds is 5. The summed E-state index contributed by atoms with van der Waals surface area (Å²) in [5.41, 5.74) is -0.0174. The van der Waals surface area contributed by atoms with Crippen molar-refractivity contribution in [3.8, 4) is 0 Å². The number of nitrogens with two attached hydrogens (primary N) is 1. The Morgan fingerprint density at radius 3 is 2.40 bits per heavy atom. The van der Waals surface area contributed by atoms with Crippen LogP contribution in [0.4, 0.5) is 4.39 Å². The molecule has 5 nitrogen and oxygen atoms in total. The van der Waals surface area contributed by atoms with Gasteiger partial charge in [-0.05, 0) is 38.5 Å². The minimum absolute atomic E-state index is 0.0174. The lowest BCUT2D eigenvalue weighted by Crippen LogP contribution is -2.38. The first-order valence-corrected chi connectivity index (χ1v) is 7.89. The van der Waals surface area contributed by atoms with E-state index in [0.717, 1.165) is 24.6 Å². The number of sulfonamides is 1. The quantitative estimate of drug-likeness (QED) is 0.899. The van der Waals surface area contributed by atoms with Gasteiger partial charge in [0.2, 0.25) is 10.0 Å². The second kappa shape index (κ2) is 6.32. The third-order valence-corrected chi connectivity index (χ3v) is 4.06. The molecule has 1 amide bonds. The van der Waals surface area contributed by atoms with Crippen molar-refractivity contribution in [2.45, 2.75) is 38.1 Å². The second-order valence-electron chi connectivity index (χ2n) is 4.57. The van der Waals surface area contributed by atoms with Crippen LogP contribution in [-0.2, 0) is 10.0 Å². The summed E-state index contributed by atoms with van der Waals surface area (Å²) in [5, 5.41) is 4.97. The molecule has 0 saturated carbocycles. The molecule has 0 saturated heterocycles. The van der Waals surface area contributed by atoms with Crippen LogP contribution in [0.1, 0.15) is 37.6 Å². The molecule has 2 N–H and O–H groups in total. The number of carbonyl (C=O) groups excluding carboxylic acids is 1. The van der Waals surface area contributed by atoms with Crippen LogP contribution in [0.2, 0.25) is 0 Å². The minimum atomic E-state index is -4.05. The standard InChI is InChI=1S/C13H19FN2O3S/c1-4-9(3)16(5-2)13(17)10-6-11(14)8-12(7-10)20(15,18)19/h6-9H,4-5H2,1-3H3,(H2,15,18,19). The molecule has 0 aromatic heterocycles. The van der Waals surface area contributed by atoms with E-state index >= 15 is 0 Å². The van der Waals surface area contributed by atoms with Gasteiger partial charge < -0.3 is 4.90 Å². The van der Waals surface area contributed by atoms with E-state index in [1.807, 2.05) is 20.8 Å². The summed E-state index contributed by atoms with van der Waals surface area (Å²) >= 11 is 0. The summed E-state index contributed by atoms with van der Waals surface area (Å²) in [5.74, 6) is -1.22. The van der Waals surface area contributed by atoms with Crippen molar-refractivity contribution in [2.75, 3.05) is 6.54 Å². The lowest BCUT2D eigenvalue weighted by atomic mass is 10.1. The summed E-state index contributed by atoms with van der Waals surface area (Å²) in [6.07, 6.45) is 0.747. The van der Waals surface area contributed by atoms with E-state index in [9.17, 15) is 17.6 Å². The zero-order valence-corrected chi connectivity index (χ0v) is 12.6. The van der Waals surface area contributed by atoms with E-state index in [1.54, 1.807) is 4.90 Å². The fraction of sp³-hybridized carbons (Fsp3) is 0.462. The molecule has 0 fully saturated rings. The number of carbonyl (C=O) groups is 1. The third-order valence-electron chi connectivity index (χ3n) is 3.17. The highest BCUT2D eigenvalue weighted by Crippen LogP contribution is 2.16. The lowest BCUT2D eigenvalue weighted by Gasteiger charge is -2.27. The van der Waals surface area contributed by atoms with Gasteiger partial charge in [0.25, 0.3) is 5.91 Å². The maximum Gasteiger partial charge on any atom is 0.254 e. The van der Waals surface area contributed by atoms with Crippen molar-refractivity contribution in [3.05, 3.63) is 29.6 Å². The van der Waals surface area contributed by atoms with Crippen molar-refractivity contribution in [1.82, 2.24) is 4.90 Å². The van der Waals surface area contributed by atoms with Crippen LogP contribution in [0.15, 0.2) is 23.1 Å². The van der Waals surface area contributed by atoms with Gasteiger partial charge >= 0.3 is 0 Å². The van der Waals surface area contributed by atoms with Gasteiger partial charge in [-0.15, -0.1) is 0 Å². The van der Waals surface area contributed by atoms with E-state index in [2.05, 4.69) is 0 Å². The van der Waals surface area contributed by atoms with Crippen LogP contribution in [0, 0.1) is 5.82 Å². The van der Waals surface area contributed by atoms with Gasteiger partial charge in [0.1, 0.15) is 5.82 Å². The Hall–Kier alpha value is -1.47. The molecular formula is C13H19FN2O3S. The smallest absolute Gasteiger partial charge is 0.254 e. The van der Waals surface area contributed by atoms with Gasteiger partial charge in [-0.25, -0.2) is 17.9 Å². The Kier molecular flexibility index (Phi) is 5.24. The SMILES string of the molecule is CCC(C)N(CC)C(=O)c1cc(F)cc(S(N)(=O)=O)c1. The number of halogens is 1. The normalized spacial score (nSPS) is 13.1. The number of benzene rings is 1. The highest BCUT2D eigenvalue weighted by Gasteiger charge is 2.21. The molecule has 1 rings (SSSR count). The first-order valence-electron chi connectivity index (χ1n) is 6.35. The molecule has 20 heavy (non-hydrogen) atoms. The maximum absolute atomic E-state index is 13.5. The average molecular weight is 302 g/mol. The molecule has 1 unspecified atom stereocenters. The molecule has 0 spiro atoms. The Morgan fingerprint density at radius 1 is 1.35 bits per heavy atom. The molecule has 112 valence electrons. The maximum atomic E-state index is 13.5. The Balaban J connectivity index is 3.26. The predicted molar refractivity (Wildman–Crippen MR) is 74.2 cm³/mol. The highest BCUT2D eigenvalue weighted by molar-refractivity contribution is 7.89. The molecule has 7 heteroatoms. The molecule has 1 aromatic rings. The summed E-state index contributed by atoms with van der Waals surface area (Å²) in [6.45, 7) is 6.07. The van der Waals surface area contributed by atoms with Crippen molar-refractivity contribution in [2.24, 2.45) is 5.14 Å². The van der Waals surface area contributed by atoms with Crippen LogP contribution in [0.5, 0.6) is 0 Å². The van der Waals surface area contributed by atoms with Crippen LogP contribution in [-0.4, -0.2) is 31.8 Å². The zero-order chi connectivity index (χ0) is 15.5. The van der Waals surface area contributed by atoms with Gasteiger partial charge in [0.15, 0.2) is 0 Å². The minimum Gasteiger partial charge on any atom is -0.336 e. The number of primary sulfonamides is 1. The van der Waals surface area contributed by atoms with Crippen LogP contribution < -0.4 is 5.14 Å². The molecular weight excluding hydrogens is 283 g/mol. The van der Waals surface area contributed by atoms with E-state index in [0.29, 0.717) is 6.54 Å². The fourth-order valence-electron chi connectivity index (χ4n) is 1.89. The van der Waals surface area contributed by atoms with Gasteiger partial charge in [-0.3, -0.25) is 4.79 Å². The molecule has 0 bridgehead atoms. The first-order chi connectivity index (χ1) is 9.20. The monoisotopic (exact) mass is 302 g/mol. The molecule has 0 radical (unpaired) electrons. The van der Waals surface area contributed by atoms with Crippen LogP contribution in [0.25, 0.3) is 0 Å². The first kappa shape index (κ1) is 16.6. The average Bonchev–Trinajstić information content (AvgIpc) is 2.37. The largest absolute Gasteiger partial charge is 0.336 e. The van der Waals surface area contributed by atoms with E-state index in [4.69, 9.17) is 5.14 Å². The topological polar surface area (TPSA) is 80.5 Å². The van der Waals surface area contributed by atoms with E-state index in [-0.39, 0.29) is 11.6 Å². The van der Waals surface area contributed by atoms with Gasteiger partial charge in [0.05, 0.1) is 4.90 Å².